The molecule has 4 nitrogen and oxygen atoms in total. The summed E-state index contributed by atoms with van der Waals surface area (Å²) in [6.45, 7) is 1.35. The Hall–Kier alpha value is -1.62. The molecule has 5 heteroatoms. The van der Waals surface area contributed by atoms with Crippen LogP contribution in [-0.2, 0) is 0 Å². The van der Waals surface area contributed by atoms with Crippen LogP contribution in [0.4, 0.5) is 9.18 Å². The Labute approximate surface area is 99.0 Å². The molecule has 0 unspecified atom stereocenters. The summed E-state index contributed by atoms with van der Waals surface area (Å²) in [6, 6.07) is 6.15. The van der Waals surface area contributed by atoms with Gasteiger partial charge in [-0.15, -0.1) is 0 Å². The molecule has 17 heavy (non-hydrogen) atoms. The average Bonchev–Trinajstić information content (AvgIpc) is 2.77. The lowest BCUT2D eigenvalue weighted by atomic mass is 9.93. The predicted octanol–water partition coefficient (Wildman–Crippen LogP) is 1.49. The van der Waals surface area contributed by atoms with Gasteiger partial charge in [0, 0.05) is 26.1 Å². The zero-order chi connectivity index (χ0) is 12.4. The van der Waals surface area contributed by atoms with Crippen molar-refractivity contribution >= 4 is 6.09 Å². The van der Waals surface area contributed by atoms with E-state index >= 15 is 0 Å². The van der Waals surface area contributed by atoms with E-state index in [4.69, 9.17) is 5.11 Å². The zero-order valence-corrected chi connectivity index (χ0v) is 9.56. The van der Waals surface area contributed by atoms with Gasteiger partial charge in [0.1, 0.15) is 5.82 Å². The fourth-order valence-corrected chi connectivity index (χ4v) is 2.26. The molecule has 1 saturated heterocycles. The first-order valence-electron chi connectivity index (χ1n) is 5.51. The second-order valence-corrected chi connectivity index (χ2v) is 4.28. The lowest BCUT2D eigenvalue weighted by molar-refractivity contribution is 0.138. The standard InChI is InChI=1S/C12H15FN2O2/c1-15(12(16)17)11-7-14-6-10(11)8-2-4-9(13)5-3-8/h2-5,10-11,14H,6-7H2,1H3,(H,16,17)/t10-,11+/m0/s1. The molecule has 1 fully saturated rings. The van der Waals surface area contributed by atoms with E-state index in [2.05, 4.69) is 5.32 Å². The number of nitrogens with one attached hydrogen (secondary N) is 1. The van der Waals surface area contributed by atoms with Gasteiger partial charge < -0.3 is 15.3 Å². The van der Waals surface area contributed by atoms with E-state index in [0.29, 0.717) is 13.1 Å². The minimum absolute atomic E-state index is 0.0803. The molecule has 2 N–H and O–H groups in total. The molecule has 1 aromatic carbocycles. The van der Waals surface area contributed by atoms with Gasteiger partial charge in [-0.05, 0) is 17.7 Å². The lowest BCUT2D eigenvalue weighted by Gasteiger charge is -2.26. The topological polar surface area (TPSA) is 52.6 Å². The number of rotatable bonds is 2. The summed E-state index contributed by atoms with van der Waals surface area (Å²) in [5.41, 5.74) is 0.967. The van der Waals surface area contributed by atoms with Gasteiger partial charge in [0.25, 0.3) is 0 Å². The van der Waals surface area contributed by atoms with E-state index in [1.54, 1.807) is 19.2 Å². The van der Waals surface area contributed by atoms with Crippen LogP contribution in [0.15, 0.2) is 24.3 Å². The first kappa shape index (κ1) is 11.9. The lowest BCUT2D eigenvalue weighted by Crippen LogP contribution is -2.40. The number of carboxylic acid groups (broad SMARTS) is 1. The van der Waals surface area contributed by atoms with Gasteiger partial charge in [-0.1, -0.05) is 12.1 Å². The second kappa shape index (κ2) is 4.71. The monoisotopic (exact) mass is 238 g/mol. The number of hydrogen-bond donors (Lipinski definition) is 2. The van der Waals surface area contributed by atoms with Crippen LogP contribution in [-0.4, -0.2) is 42.3 Å². The normalized spacial score (nSPS) is 23.6. The third-order valence-electron chi connectivity index (χ3n) is 3.28. The van der Waals surface area contributed by atoms with Gasteiger partial charge in [0.15, 0.2) is 0 Å². The van der Waals surface area contributed by atoms with Crippen molar-refractivity contribution in [3.05, 3.63) is 35.6 Å². The van der Waals surface area contributed by atoms with Crippen LogP contribution in [0.1, 0.15) is 11.5 Å². The summed E-state index contributed by atoms with van der Waals surface area (Å²) < 4.78 is 12.8. The first-order chi connectivity index (χ1) is 8.09. The third-order valence-corrected chi connectivity index (χ3v) is 3.28. The zero-order valence-electron chi connectivity index (χ0n) is 9.56. The number of hydrogen-bond acceptors (Lipinski definition) is 2. The van der Waals surface area contributed by atoms with Crippen LogP contribution >= 0.6 is 0 Å². The summed E-state index contributed by atoms with van der Waals surface area (Å²) in [5.74, 6) is -0.195. The van der Waals surface area contributed by atoms with Crippen molar-refractivity contribution in [1.82, 2.24) is 10.2 Å². The summed E-state index contributed by atoms with van der Waals surface area (Å²) in [5, 5.41) is 12.2. The van der Waals surface area contributed by atoms with Crippen molar-refractivity contribution in [2.24, 2.45) is 0 Å². The van der Waals surface area contributed by atoms with Crippen molar-refractivity contribution in [2.45, 2.75) is 12.0 Å². The van der Waals surface area contributed by atoms with Crippen molar-refractivity contribution in [3.8, 4) is 0 Å². The Kier molecular flexibility index (Phi) is 3.28. The number of halogens is 1. The van der Waals surface area contributed by atoms with Gasteiger partial charge in [-0.3, -0.25) is 0 Å². The van der Waals surface area contributed by atoms with E-state index in [1.165, 1.54) is 17.0 Å². The van der Waals surface area contributed by atoms with Crippen molar-refractivity contribution < 1.29 is 14.3 Å². The highest BCUT2D eigenvalue weighted by atomic mass is 19.1. The smallest absolute Gasteiger partial charge is 0.407 e. The highest BCUT2D eigenvalue weighted by Gasteiger charge is 2.33. The molecule has 92 valence electrons. The Bertz CT molecular complexity index is 407. The van der Waals surface area contributed by atoms with E-state index in [1.807, 2.05) is 0 Å². The molecular formula is C12H15FN2O2. The molecule has 0 saturated carbocycles. The van der Waals surface area contributed by atoms with Crippen LogP contribution in [0.2, 0.25) is 0 Å². The van der Waals surface area contributed by atoms with Gasteiger partial charge in [-0.2, -0.15) is 0 Å². The maximum absolute atomic E-state index is 12.8. The number of amides is 1. The molecule has 0 spiro atoms. The van der Waals surface area contributed by atoms with Crippen LogP contribution < -0.4 is 5.32 Å². The van der Waals surface area contributed by atoms with Crippen LogP contribution in [0, 0.1) is 5.82 Å². The Morgan fingerprint density at radius 2 is 2.06 bits per heavy atom. The first-order valence-corrected chi connectivity index (χ1v) is 5.51. The van der Waals surface area contributed by atoms with Crippen molar-refractivity contribution in [1.29, 1.82) is 0 Å². The molecule has 0 bridgehead atoms. The molecule has 1 aromatic rings. The Morgan fingerprint density at radius 1 is 1.41 bits per heavy atom. The van der Waals surface area contributed by atoms with Gasteiger partial charge in [-0.25, -0.2) is 9.18 Å². The van der Waals surface area contributed by atoms with E-state index < -0.39 is 6.09 Å². The van der Waals surface area contributed by atoms with E-state index in [0.717, 1.165) is 5.56 Å². The molecule has 0 radical (unpaired) electrons. The highest BCUT2D eigenvalue weighted by Crippen LogP contribution is 2.26. The van der Waals surface area contributed by atoms with Crippen LogP contribution in [0.3, 0.4) is 0 Å². The third kappa shape index (κ3) is 2.39. The number of nitrogens with zero attached hydrogens (tertiary/aromatic N) is 1. The average molecular weight is 238 g/mol. The molecule has 1 aliphatic rings. The predicted molar refractivity (Wildman–Crippen MR) is 61.6 cm³/mol. The van der Waals surface area contributed by atoms with Gasteiger partial charge >= 0.3 is 6.09 Å². The Morgan fingerprint density at radius 3 is 2.65 bits per heavy atom. The largest absolute Gasteiger partial charge is 0.465 e. The van der Waals surface area contributed by atoms with Crippen LogP contribution in [0.5, 0.6) is 0 Å². The molecule has 0 aliphatic carbocycles. The summed E-state index contributed by atoms with van der Waals surface area (Å²) >= 11 is 0. The highest BCUT2D eigenvalue weighted by molar-refractivity contribution is 5.65. The SMILES string of the molecule is CN(C(=O)O)[C@@H]1CNC[C@H]1c1ccc(F)cc1. The van der Waals surface area contributed by atoms with Crippen LogP contribution in [0.25, 0.3) is 0 Å². The van der Waals surface area contributed by atoms with Crippen molar-refractivity contribution in [3.63, 3.8) is 0 Å². The van der Waals surface area contributed by atoms with Gasteiger partial charge in [0.05, 0.1) is 6.04 Å². The number of carbonyl (C=O) groups is 1. The molecule has 1 aliphatic heterocycles. The number of likely N-dealkylation sites (N-methyl/N-ethyl adjacent to an activating group) is 1. The quantitative estimate of drug-likeness (QED) is 0.820. The maximum Gasteiger partial charge on any atom is 0.407 e. The Balaban J connectivity index is 2.19. The molecular weight excluding hydrogens is 223 g/mol. The maximum atomic E-state index is 12.8. The fourth-order valence-electron chi connectivity index (χ4n) is 2.26. The fraction of sp³-hybridized carbons (Fsp3) is 0.417. The summed E-state index contributed by atoms with van der Waals surface area (Å²) in [7, 11) is 1.57. The second-order valence-electron chi connectivity index (χ2n) is 4.28. The minimum Gasteiger partial charge on any atom is -0.465 e. The minimum atomic E-state index is -0.939. The summed E-state index contributed by atoms with van der Waals surface area (Å²) in [6.07, 6.45) is -0.939. The molecule has 1 amide bonds. The summed E-state index contributed by atoms with van der Waals surface area (Å²) in [4.78, 5) is 12.3. The molecule has 0 aromatic heterocycles. The number of benzene rings is 1. The molecule has 1 heterocycles. The van der Waals surface area contributed by atoms with Crippen molar-refractivity contribution in [2.75, 3.05) is 20.1 Å². The molecule has 2 rings (SSSR count). The molecule has 2 atom stereocenters. The van der Waals surface area contributed by atoms with Gasteiger partial charge in [0.2, 0.25) is 0 Å². The van der Waals surface area contributed by atoms with E-state index in [-0.39, 0.29) is 17.8 Å². The van der Waals surface area contributed by atoms with E-state index in [9.17, 15) is 9.18 Å².